The van der Waals surface area contributed by atoms with E-state index in [1.165, 1.54) is 0 Å². The third kappa shape index (κ3) is 3.49. The van der Waals surface area contributed by atoms with Gasteiger partial charge in [0.2, 0.25) is 5.91 Å². The molecule has 0 aliphatic rings. The summed E-state index contributed by atoms with van der Waals surface area (Å²) >= 11 is 5.68. The number of hydrogen-bond acceptors (Lipinski definition) is 1. The number of amides is 1. The highest BCUT2D eigenvalue weighted by atomic mass is 35.5. The predicted octanol–water partition coefficient (Wildman–Crippen LogP) is 2.90. The second-order valence-corrected chi connectivity index (χ2v) is 4.90. The molecule has 0 bridgehead atoms. The second kappa shape index (κ2) is 5.59. The number of alkyl halides is 1. The molecule has 14 heavy (non-hydrogen) atoms. The van der Waals surface area contributed by atoms with E-state index in [1.54, 1.807) is 0 Å². The lowest BCUT2D eigenvalue weighted by molar-refractivity contribution is -0.142. The Bertz CT molecular complexity index is 190. The van der Waals surface area contributed by atoms with Gasteiger partial charge in [-0.25, -0.2) is 0 Å². The highest BCUT2D eigenvalue weighted by Gasteiger charge is 2.30. The Morgan fingerprint density at radius 1 is 1.43 bits per heavy atom. The molecule has 0 aliphatic carbocycles. The summed E-state index contributed by atoms with van der Waals surface area (Å²) in [5.41, 5.74) is -0.268. The normalized spacial score (nSPS) is 11.9. The van der Waals surface area contributed by atoms with Crippen molar-refractivity contribution in [3.8, 4) is 0 Å². The van der Waals surface area contributed by atoms with Crippen molar-refractivity contribution in [1.29, 1.82) is 0 Å². The molecule has 0 rings (SSSR count). The average molecular weight is 220 g/mol. The Kier molecular flexibility index (Phi) is 5.50. The van der Waals surface area contributed by atoms with Crippen LogP contribution in [-0.4, -0.2) is 29.3 Å². The van der Waals surface area contributed by atoms with E-state index in [-0.39, 0.29) is 17.4 Å². The van der Waals surface area contributed by atoms with Crippen molar-refractivity contribution in [2.24, 2.45) is 5.41 Å². The zero-order valence-corrected chi connectivity index (χ0v) is 10.7. The summed E-state index contributed by atoms with van der Waals surface area (Å²) in [6.07, 6.45) is 0.858. The highest BCUT2D eigenvalue weighted by Crippen LogP contribution is 2.24. The topological polar surface area (TPSA) is 20.3 Å². The summed E-state index contributed by atoms with van der Waals surface area (Å²) in [6, 6.07) is 0.229. The molecular weight excluding hydrogens is 198 g/mol. The van der Waals surface area contributed by atoms with Gasteiger partial charge < -0.3 is 4.90 Å². The molecule has 0 aromatic carbocycles. The summed E-state index contributed by atoms with van der Waals surface area (Å²) in [5.74, 6) is 0.708. The van der Waals surface area contributed by atoms with E-state index >= 15 is 0 Å². The molecular formula is C11H22ClNO. The summed E-state index contributed by atoms with van der Waals surface area (Å²) < 4.78 is 0. The maximum absolute atomic E-state index is 12.1. The quantitative estimate of drug-likeness (QED) is 0.652. The van der Waals surface area contributed by atoms with Gasteiger partial charge in [0, 0.05) is 23.9 Å². The Labute approximate surface area is 92.6 Å². The summed E-state index contributed by atoms with van der Waals surface area (Å²) in [4.78, 5) is 14.0. The van der Waals surface area contributed by atoms with Gasteiger partial charge in [-0.05, 0) is 20.3 Å². The van der Waals surface area contributed by atoms with Crippen LogP contribution in [-0.2, 0) is 4.79 Å². The van der Waals surface area contributed by atoms with Gasteiger partial charge in [-0.3, -0.25) is 4.79 Å². The molecule has 1 amide bonds. The van der Waals surface area contributed by atoms with Gasteiger partial charge in [0.15, 0.2) is 0 Å². The van der Waals surface area contributed by atoms with Crippen LogP contribution in [0, 0.1) is 5.41 Å². The minimum absolute atomic E-state index is 0.204. The smallest absolute Gasteiger partial charge is 0.228 e. The van der Waals surface area contributed by atoms with Crippen LogP contribution in [0.15, 0.2) is 0 Å². The van der Waals surface area contributed by atoms with Gasteiger partial charge in [0.05, 0.1) is 0 Å². The van der Waals surface area contributed by atoms with E-state index in [4.69, 9.17) is 11.6 Å². The molecule has 0 spiro atoms. The fraction of sp³-hybridized carbons (Fsp3) is 0.909. The molecule has 0 fully saturated rings. The fourth-order valence-corrected chi connectivity index (χ4v) is 1.41. The highest BCUT2D eigenvalue weighted by molar-refractivity contribution is 6.18. The molecule has 0 N–H and O–H groups in total. The number of nitrogens with zero attached hydrogens (tertiary/aromatic N) is 1. The summed E-state index contributed by atoms with van der Waals surface area (Å²) in [6.45, 7) is 10.7. The first-order valence-electron chi connectivity index (χ1n) is 5.23. The third-order valence-corrected chi connectivity index (χ3v) is 2.84. The lowest BCUT2D eigenvalue weighted by Crippen LogP contribution is -2.45. The Morgan fingerprint density at radius 3 is 2.21 bits per heavy atom. The molecule has 84 valence electrons. The number of rotatable bonds is 5. The number of halogens is 1. The Hall–Kier alpha value is -0.240. The van der Waals surface area contributed by atoms with Crippen LogP contribution in [0.25, 0.3) is 0 Å². The molecule has 0 atom stereocenters. The summed E-state index contributed by atoms with van der Waals surface area (Å²) in [7, 11) is 0. The lowest BCUT2D eigenvalue weighted by Gasteiger charge is -2.33. The molecule has 0 saturated carbocycles. The first kappa shape index (κ1) is 13.8. The molecule has 0 aromatic heterocycles. The molecule has 0 unspecified atom stereocenters. The maximum Gasteiger partial charge on any atom is 0.228 e. The van der Waals surface area contributed by atoms with Gasteiger partial charge in [-0.15, -0.1) is 11.6 Å². The van der Waals surface area contributed by atoms with E-state index in [1.807, 2.05) is 39.5 Å². The minimum atomic E-state index is -0.268. The lowest BCUT2D eigenvalue weighted by atomic mass is 9.88. The van der Waals surface area contributed by atoms with Crippen LogP contribution in [0.5, 0.6) is 0 Å². The molecule has 0 saturated heterocycles. The molecule has 0 aromatic rings. The second-order valence-electron chi connectivity index (χ2n) is 4.52. The monoisotopic (exact) mass is 219 g/mol. The van der Waals surface area contributed by atoms with Crippen LogP contribution in [0.1, 0.15) is 41.0 Å². The SMILES string of the molecule is CCC(C)(C)C(=O)N(CCCl)C(C)C. The van der Waals surface area contributed by atoms with Crippen LogP contribution in [0.2, 0.25) is 0 Å². The molecule has 2 nitrogen and oxygen atoms in total. The van der Waals surface area contributed by atoms with Gasteiger partial charge in [-0.2, -0.15) is 0 Å². The van der Waals surface area contributed by atoms with Crippen molar-refractivity contribution < 1.29 is 4.79 Å². The van der Waals surface area contributed by atoms with Crippen molar-refractivity contribution in [2.45, 2.75) is 47.1 Å². The van der Waals surface area contributed by atoms with Crippen LogP contribution >= 0.6 is 11.6 Å². The van der Waals surface area contributed by atoms with Crippen molar-refractivity contribution in [3.63, 3.8) is 0 Å². The maximum atomic E-state index is 12.1. The van der Waals surface area contributed by atoms with Gasteiger partial charge in [0.1, 0.15) is 0 Å². The van der Waals surface area contributed by atoms with Crippen molar-refractivity contribution in [2.75, 3.05) is 12.4 Å². The fourth-order valence-electron chi connectivity index (χ4n) is 1.23. The zero-order chi connectivity index (χ0) is 11.4. The van der Waals surface area contributed by atoms with E-state index in [2.05, 4.69) is 0 Å². The number of carbonyl (C=O) groups is 1. The van der Waals surface area contributed by atoms with Crippen LogP contribution < -0.4 is 0 Å². The molecule has 0 heterocycles. The molecule has 0 aliphatic heterocycles. The standard InChI is InChI=1S/C11H22ClNO/c1-6-11(4,5)10(14)13(8-7-12)9(2)3/h9H,6-8H2,1-5H3. The zero-order valence-electron chi connectivity index (χ0n) is 9.93. The van der Waals surface area contributed by atoms with Gasteiger partial charge in [0.25, 0.3) is 0 Å². The van der Waals surface area contributed by atoms with E-state index in [9.17, 15) is 4.79 Å². The van der Waals surface area contributed by atoms with Crippen molar-refractivity contribution in [1.82, 2.24) is 4.90 Å². The Balaban J connectivity index is 4.59. The number of carbonyl (C=O) groups excluding carboxylic acids is 1. The van der Waals surface area contributed by atoms with E-state index in [0.29, 0.717) is 12.4 Å². The van der Waals surface area contributed by atoms with Crippen LogP contribution in [0.3, 0.4) is 0 Å². The first-order valence-corrected chi connectivity index (χ1v) is 5.77. The average Bonchev–Trinajstić information content (AvgIpc) is 2.12. The third-order valence-electron chi connectivity index (χ3n) is 2.67. The van der Waals surface area contributed by atoms with Gasteiger partial charge >= 0.3 is 0 Å². The van der Waals surface area contributed by atoms with E-state index in [0.717, 1.165) is 6.42 Å². The van der Waals surface area contributed by atoms with Crippen molar-refractivity contribution in [3.05, 3.63) is 0 Å². The summed E-state index contributed by atoms with van der Waals surface area (Å²) in [5, 5.41) is 0. The molecule has 0 radical (unpaired) electrons. The number of hydrogen-bond donors (Lipinski definition) is 0. The Morgan fingerprint density at radius 2 is 1.93 bits per heavy atom. The van der Waals surface area contributed by atoms with E-state index < -0.39 is 0 Å². The van der Waals surface area contributed by atoms with Crippen LogP contribution in [0.4, 0.5) is 0 Å². The molecule has 3 heteroatoms. The van der Waals surface area contributed by atoms with Crippen molar-refractivity contribution >= 4 is 17.5 Å². The van der Waals surface area contributed by atoms with Gasteiger partial charge in [-0.1, -0.05) is 20.8 Å². The predicted molar refractivity (Wildman–Crippen MR) is 61.6 cm³/mol. The minimum Gasteiger partial charge on any atom is -0.339 e. The largest absolute Gasteiger partial charge is 0.339 e. The first-order chi connectivity index (χ1) is 6.36.